The Bertz CT molecular complexity index is 1210. The quantitative estimate of drug-likeness (QED) is 0.409. The SMILES string of the molecule is COc1ccc(Oc2ccc(CNC(=O)C(C)(CO)NC(=O)c3cncnc3)cc2)c(C(F)(F)F)c1. The van der Waals surface area contributed by atoms with Crippen LogP contribution < -0.4 is 20.1 Å². The number of rotatable bonds is 9. The van der Waals surface area contributed by atoms with Gasteiger partial charge in [-0.1, -0.05) is 12.1 Å². The maximum absolute atomic E-state index is 13.4. The Kier molecular flexibility index (Phi) is 8.10. The number of methoxy groups -OCH3 is 1. The summed E-state index contributed by atoms with van der Waals surface area (Å²) in [6, 6.07) is 9.40. The molecule has 0 spiro atoms. The minimum absolute atomic E-state index is 0.0232. The number of amides is 2. The van der Waals surface area contributed by atoms with Gasteiger partial charge in [-0.15, -0.1) is 0 Å². The molecule has 1 heterocycles. The van der Waals surface area contributed by atoms with E-state index in [1.54, 1.807) is 12.1 Å². The Morgan fingerprint density at radius 1 is 1.03 bits per heavy atom. The zero-order valence-electron chi connectivity index (χ0n) is 19.3. The first-order valence-corrected chi connectivity index (χ1v) is 10.5. The third kappa shape index (κ3) is 6.48. The maximum atomic E-state index is 13.4. The lowest BCUT2D eigenvalue weighted by atomic mass is 10.0. The first kappa shape index (κ1) is 26.4. The molecule has 9 nitrogen and oxygen atoms in total. The van der Waals surface area contributed by atoms with Crippen molar-refractivity contribution in [2.45, 2.75) is 25.2 Å². The summed E-state index contributed by atoms with van der Waals surface area (Å²) in [5, 5.41) is 14.8. The number of aromatic nitrogens is 2. The van der Waals surface area contributed by atoms with Gasteiger partial charge in [0.1, 0.15) is 34.7 Å². The molecule has 12 heteroatoms. The third-order valence-electron chi connectivity index (χ3n) is 5.13. The summed E-state index contributed by atoms with van der Waals surface area (Å²) in [6.45, 7) is 0.706. The van der Waals surface area contributed by atoms with Gasteiger partial charge >= 0.3 is 6.18 Å². The van der Waals surface area contributed by atoms with Crippen LogP contribution in [0.4, 0.5) is 13.2 Å². The van der Waals surface area contributed by atoms with Gasteiger partial charge in [0.25, 0.3) is 5.91 Å². The zero-order chi connectivity index (χ0) is 26.3. The fourth-order valence-electron chi connectivity index (χ4n) is 3.03. The van der Waals surface area contributed by atoms with Crippen LogP contribution in [0.25, 0.3) is 0 Å². The van der Waals surface area contributed by atoms with Crippen LogP contribution in [0.15, 0.2) is 61.2 Å². The van der Waals surface area contributed by atoms with Crippen LogP contribution in [0.1, 0.15) is 28.4 Å². The van der Waals surface area contributed by atoms with Crippen LogP contribution in [-0.4, -0.2) is 46.1 Å². The number of hydrogen-bond donors (Lipinski definition) is 3. The van der Waals surface area contributed by atoms with E-state index in [1.807, 2.05) is 0 Å². The molecular weight excluding hydrogens is 481 g/mol. The van der Waals surface area contributed by atoms with Gasteiger partial charge in [0, 0.05) is 18.9 Å². The minimum atomic E-state index is -4.64. The highest BCUT2D eigenvalue weighted by Crippen LogP contribution is 2.40. The van der Waals surface area contributed by atoms with Crippen molar-refractivity contribution in [2.75, 3.05) is 13.7 Å². The molecule has 3 N–H and O–H groups in total. The summed E-state index contributed by atoms with van der Waals surface area (Å²) in [5.41, 5.74) is -1.89. The lowest BCUT2D eigenvalue weighted by Gasteiger charge is -2.27. The number of nitrogens with zero attached hydrogens (tertiary/aromatic N) is 2. The van der Waals surface area contributed by atoms with Gasteiger partial charge in [-0.05, 0) is 42.8 Å². The van der Waals surface area contributed by atoms with Crippen molar-refractivity contribution in [3.63, 3.8) is 0 Å². The largest absolute Gasteiger partial charge is 0.497 e. The molecule has 0 saturated carbocycles. The predicted octanol–water partition coefficient (Wildman–Crippen LogP) is 3.09. The molecule has 0 aliphatic rings. The molecule has 2 amide bonds. The number of nitrogens with one attached hydrogen (secondary N) is 2. The zero-order valence-corrected chi connectivity index (χ0v) is 19.3. The summed E-state index contributed by atoms with van der Waals surface area (Å²) < 4.78 is 50.4. The summed E-state index contributed by atoms with van der Waals surface area (Å²) in [5.74, 6) is -1.48. The molecule has 36 heavy (non-hydrogen) atoms. The number of aliphatic hydroxyl groups excluding tert-OH is 1. The fourth-order valence-corrected chi connectivity index (χ4v) is 3.03. The number of benzene rings is 2. The molecule has 1 atom stereocenters. The average molecular weight is 504 g/mol. The third-order valence-corrected chi connectivity index (χ3v) is 5.13. The van der Waals surface area contributed by atoms with Crippen LogP contribution in [-0.2, 0) is 17.5 Å². The van der Waals surface area contributed by atoms with Gasteiger partial charge in [0.15, 0.2) is 0 Å². The lowest BCUT2D eigenvalue weighted by Crippen LogP contribution is -2.59. The Morgan fingerprint density at radius 2 is 1.67 bits per heavy atom. The lowest BCUT2D eigenvalue weighted by molar-refractivity contribution is -0.138. The molecule has 3 aromatic rings. The minimum Gasteiger partial charge on any atom is -0.497 e. The molecule has 0 radical (unpaired) electrons. The van der Waals surface area contributed by atoms with Crippen LogP contribution in [0.5, 0.6) is 17.2 Å². The molecule has 0 aliphatic heterocycles. The molecule has 3 rings (SSSR count). The van der Waals surface area contributed by atoms with E-state index in [0.717, 1.165) is 6.07 Å². The molecule has 0 bridgehead atoms. The Labute approximate surface area is 204 Å². The van der Waals surface area contributed by atoms with Crippen molar-refractivity contribution in [1.29, 1.82) is 0 Å². The van der Waals surface area contributed by atoms with Crippen molar-refractivity contribution in [1.82, 2.24) is 20.6 Å². The normalized spacial score (nSPS) is 12.8. The number of ether oxygens (including phenoxy) is 2. The van der Waals surface area contributed by atoms with E-state index in [1.165, 1.54) is 57.0 Å². The second-order valence-electron chi connectivity index (χ2n) is 7.86. The molecule has 1 aromatic heterocycles. The van der Waals surface area contributed by atoms with Gasteiger partial charge in [-0.25, -0.2) is 9.97 Å². The van der Waals surface area contributed by atoms with Crippen LogP contribution in [0, 0.1) is 0 Å². The van der Waals surface area contributed by atoms with E-state index in [-0.39, 0.29) is 29.4 Å². The van der Waals surface area contributed by atoms with E-state index in [9.17, 15) is 27.9 Å². The topological polar surface area (TPSA) is 123 Å². The van der Waals surface area contributed by atoms with Gasteiger partial charge in [0.05, 0.1) is 19.3 Å². The molecule has 190 valence electrons. The number of aliphatic hydroxyl groups is 1. The van der Waals surface area contributed by atoms with E-state index in [4.69, 9.17) is 9.47 Å². The second kappa shape index (κ2) is 11.0. The number of alkyl halides is 3. The van der Waals surface area contributed by atoms with Gasteiger partial charge in [-0.3, -0.25) is 9.59 Å². The first-order chi connectivity index (χ1) is 17.1. The highest BCUT2D eigenvalue weighted by atomic mass is 19.4. The van der Waals surface area contributed by atoms with E-state index in [0.29, 0.717) is 5.56 Å². The standard InChI is InChI=1S/C24H23F3N4O5/c1-23(13-32,31-21(33)16-11-28-14-29-12-16)22(34)30-10-15-3-5-17(6-4-15)36-20-8-7-18(35-2)9-19(20)24(25,26)27/h3-9,11-12,14,32H,10,13H2,1-2H3,(H,30,34)(H,31,33). The van der Waals surface area contributed by atoms with Crippen LogP contribution in [0.3, 0.4) is 0 Å². The van der Waals surface area contributed by atoms with Gasteiger partial charge in [0.2, 0.25) is 5.91 Å². The fraction of sp³-hybridized carbons (Fsp3) is 0.250. The van der Waals surface area contributed by atoms with Crippen molar-refractivity contribution < 1.29 is 37.3 Å². The average Bonchev–Trinajstić information content (AvgIpc) is 2.88. The summed E-state index contributed by atoms with van der Waals surface area (Å²) in [4.78, 5) is 32.5. The predicted molar refractivity (Wildman–Crippen MR) is 121 cm³/mol. The van der Waals surface area contributed by atoms with Crippen LogP contribution >= 0.6 is 0 Å². The Hall–Kier alpha value is -4.19. The van der Waals surface area contributed by atoms with Crippen LogP contribution in [0.2, 0.25) is 0 Å². The van der Waals surface area contributed by atoms with Crippen molar-refractivity contribution in [2.24, 2.45) is 0 Å². The highest BCUT2D eigenvalue weighted by molar-refractivity contribution is 5.98. The molecule has 1 unspecified atom stereocenters. The molecular formula is C24H23F3N4O5. The Morgan fingerprint density at radius 3 is 2.25 bits per heavy atom. The summed E-state index contributed by atoms with van der Waals surface area (Å²) >= 11 is 0. The number of carbonyl (C=O) groups is 2. The van der Waals surface area contributed by atoms with Crippen molar-refractivity contribution in [3.8, 4) is 17.2 Å². The van der Waals surface area contributed by atoms with E-state index >= 15 is 0 Å². The van der Waals surface area contributed by atoms with Crippen molar-refractivity contribution >= 4 is 11.8 Å². The molecule has 2 aromatic carbocycles. The number of hydrogen-bond acceptors (Lipinski definition) is 7. The van der Waals surface area contributed by atoms with Gasteiger partial charge < -0.3 is 25.2 Å². The summed E-state index contributed by atoms with van der Waals surface area (Å²) in [7, 11) is 1.27. The van der Waals surface area contributed by atoms with Crippen molar-refractivity contribution in [3.05, 3.63) is 77.9 Å². The first-order valence-electron chi connectivity index (χ1n) is 10.5. The summed E-state index contributed by atoms with van der Waals surface area (Å²) in [6.07, 6.45) is -0.857. The number of carbonyl (C=O) groups excluding carboxylic acids is 2. The highest BCUT2D eigenvalue weighted by Gasteiger charge is 2.36. The molecule has 0 saturated heterocycles. The van der Waals surface area contributed by atoms with E-state index < -0.39 is 35.7 Å². The number of halogens is 3. The van der Waals surface area contributed by atoms with Gasteiger partial charge in [-0.2, -0.15) is 13.2 Å². The molecule has 0 fully saturated rings. The maximum Gasteiger partial charge on any atom is 0.420 e. The molecule has 0 aliphatic carbocycles. The smallest absolute Gasteiger partial charge is 0.420 e. The van der Waals surface area contributed by atoms with E-state index in [2.05, 4.69) is 20.6 Å². The Balaban J connectivity index is 1.64. The monoisotopic (exact) mass is 504 g/mol. The second-order valence-corrected chi connectivity index (χ2v) is 7.86.